The van der Waals surface area contributed by atoms with Gasteiger partial charge in [0.1, 0.15) is 5.82 Å². The highest BCUT2D eigenvalue weighted by Gasteiger charge is 2.32. The maximum absolute atomic E-state index is 13.1. The van der Waals surface area contributed by atoms with E-state index in [1.807, 2.05) is 16.7 Å². The number of hydrogen-bond donors (Lipinski definition) is 1. The van der Waals surface area contributed by atoms with E-state index in [1.54, 1.807) is 19.1 Å². The third-order valence-corrected chi connectivity index (χ3v) is 8.02. The molecule has 0 aliphatic carbocycles. The minimum atomic E-state index is -3.37. The van der Waals surface area contributed by atoms with E-state index in [1.165, 1.54) is 4.31 Å². The van der Waals surface area contributed by atoms with Crippen molar-refractivity contribution in [3.63, 3.8) is 0 Å². The quantitative estimate of drug-likeness (QED) is 0.706. The fraction of sp³-hybridized carbons (Fsp3) is 0.524. The number of amides is 1. The molecule has 2 aliphatic heterocycles. The monoisotopic (exact) mass is 466 g/mol. The molecule has 4 rings (SSSR count). The van der Waals surface area contributed by atoms with Gasteiger partial charge >= 0.3 is 0 Å². The normalized spacial score (nSPS) is 18.0. The molecular weight excluding hydrogens is 440 g/mol. The molecule has 31 heavy (non-hydrogen) atoms. The van der Waals surface area contributed by atoms with Gasteiger partial charge in [-0.05, 0) is 49.9 Å². The fourth-order valence-electron chi connectivity index (χ4n) is 4.04. The van der Waals surface area contributed by atoms with E-state index in [0.717, 1.165) is 18.4 Å². The average Bonchev–Trinajstić information content (AvgIpc) is 3.18. The van der Waals surface area contributed by atoms with Crippen LogP contribution in [0.5, 0.6) is 0 Å². The van der Waals surface area contributed by atoms with E-state index < -0.39 is 10.0 Å². The second kappa shape index (κ2) is 9.28. The molecule has 1 fully saturated rings. The maximum Gasteiger partial charge on any atom is 0.271 e. The van der Waals surface area contributed by atoms with Crippen LogP contribution in [0.15, 0.2) is 24.3 Å². The molecule has 0 radical (unpaired) electrons. The molecule has 2 aromatic rings. The maximum atomic E-state index is 13.1. The van der Waals surface area contributed by atoms with Gasteiger partial charge in [-0.15, -0.1) is 0 Å². The van der Waals surface area contributed by atoms with Crippen molar-refractivity contribution >= 4 is 27.5 Å². The van der Waals surface area contributed by atoms with Gasteiger partial charge in [0, 0.05) is 43.4 Å². The smallest absolute Gasteiger partial charge is 0.271 e. The molecule has 1 N–H and O–H groups in total. The van der Waals surface area contributed by atoms with Crippen LogP contribution in [0.4, 0.5) is 0 Å². The third kappa shape index (κ3) is 4.79. The average molecular weight is 467 g/mol. The van der Waals surface area contributed by atoms with Crippen molar-refractivity contribution in [1.82, 2.24) is 19.2 Å². The zero-order valence-corrected chi connectivity index (χ0v) is 19.1. The Hall–Kier alpha value is -1.94. The number of carbonyl (C=O) groups excluding carboxylic acids is 1. The van der Waals surface area contributed by atoms with Gasteiger partial charge < -0.3 is 14.6 Å². The number of halogens is 1. The number of ether oxygens (including phenoxy) is 1. The summed E-state index contributed by atoms with van der Waals surface area (Å²) in [6.07, 6.45) is 1.83. The molecule has 0 spiro atoms. The van der Waals surface area contributed by atoms with Crippen molar-refractivity contribution in [1.29, 1.82) is 0 Å². The summed E-state index contributed by atoms with van der Waals surface area (Å²) in [6.45, 7) is 4.53. The number of sulfonamides is 1. The molecule has 1 aromatic carbocycles. The Morgan fingerprint density at radius 3 is 2.61 bits per heavy atom. The minimum Gasteiger partial charge on any atom is -0.381 e. The number of benzene rings is 1. The molecule has 1 aromatic heterocycles. The lowest BCUT2D eigenvalue weighted by Gasteiger charge is -2.28. The van der Waals surface area contributed by atoms with Gasteiger partial charge in [0.25, 0.3) is 5.91 Å². The van der Waals surface area contributed by atoms with E-state index in [-0.39, 0.29) is 23.9 Å². The van der Waals surface area contributed by atoms with Crippen molar-refractivity contribution in [2.24, 2.45) is 5.92 Å². The van der Waals surface area contributed by atoms with Gasteiger partial charge in [-0.25, -0.2) is 13.4 Å². The van der Waals surface area contributed by atoms with Crippen molar-refractivity contribution in [2.75, 3.05) is 32.1 Å². The number of aromatic nitrogens is 2. The Morgan fingerprint density at radius 2 is 1.94 bits per heavy atom. The van der Waals surface area contributed by atoms with E-state index in [9.17, 15) is 13.2 Å². The molecule has 1 amide bonds. The van der Waals surface area contributed by atoms with E-state index in [4.69, 9.17) is 16.3 Å². The van der Waals surface area contributed by atoms with E-state index >= 15 is 0 Å². The highest BCUT2D eigenvalue weighted by molar-refractivity contribution is 7.89. The SMILES string of the molecule is CCS(=O)(=O)N1CCn2c(-c3ccc(Cl)cc3)nc(C(=O)NCC3CCOCC3)c2C1. The van der Waals surface area contributed by atoms with Crippen LogP contribution in [0.2, 0.25) is 5.02 Å². The predicted octanol–water partition coefficient (Wildman–Crippen LogP) is 2.53. The number of fused-ring (bicyclic) bond motifs is 1. The summed E-state index contributed by atoms with van der Waals surface area (Å²) in [6, 6.07) is 7.27. The Morgan fingerprint density at radius 1 is 1.23 bits per heavy atom. The molecule has 168 valence electrons. The van der Waals surface area contributed by atoms with Crippen LogP contribution in [0.3, 0.4) is 0 Å². The summed E-state index contributed by atoms with van der Waals surface area (Å²) in [4.78, 5) is 17.7. The number of carbonyl (C=O) groups is 1. The van der Waals surface area contributed by atoms with Gasteiger partial charge in [-0.3, -0.25) is 4.79 Å². The van der Waals surface area contributed by atoms with Crippen LogP contribution in [-0.4, -0.2) is 60.2 Å². The number of nitrogens with zero attached hydrogens (tertiary/aromatic N) is 3. The summed E-state index contributed by atoms with van der Waals surface area (Å²) in [5, 5.41) is 3.62. The van der Waals surface area contributed by atoms with Crippen LogP contribution >= 0.6 is 11.6 Å². The van der Waals surface area contributed by atoms with Gasteiger partial charge in [-0.2, -0.15) is 4.31 Å². The summed E-state index contributed by atoms with van der Waals surface area (Å²) < 4.78 is 33.7. The molecule has 8 nitrogen and oxygen atoms in total. The first-order valence-corrected chi connectivity index (χ1v) is 12.6. The summed E-state index contributed by atoms with van der Waals surface area (Å²) >= 11 is 6.02. The predicted molar refractivity (Wildman–Crippen MR) is 118 cm³/mol. The molecule has 10 heteroatoms. The Bertz CT molecular complexity index is 1050. The molecule has 1 saturated heterocycles. The van der Waals surface area contributed by atoms with E-state index in [2.05, 4.69) is 10.3 Å². The van der Waals surface area contributed by atoms with Gasteiger partial charge in [0.2, 0.25) is 10.0 Å². The van der Waals surface area contributed by atoms with Crippen LogP contribution < -0.4 is 5.32 Å². The van der Waals surface area contributed by atoms with Crippen LogP contribution in [-0.2, 0) is 27.8 Å². The Balaban J connectivity index is 1.65. The number of rotatable bonds is 6. The van der Waals surface area contributed by atoms with Gasteiger partial charge in [-0.1, -0.05) is 11.6 Å². The van der Waals surface area contributed by atoms with Crippen molar-refractivity contribution in [3.05, 3.63) is 40.7 Å². The first-order chi connectivity index (χ1) is 14.9. The molecule has 0 saturated carbocycles. The summed E-state index contributed by atoms with van der Waals surface area (Å²) in [5.74, 6) is 0.780. The van der Waals surface area contributed by atoms with Gasteiger partial charge in [0.05, 0.1) is 18.0 Å². The minimum absolute atomic E-state index is 0.0243. The standard InChI is InChI=1S/C21H27ClN4O4S/c1-2-31(28,29)25-9-10-26-18(14-25)19(21(27)23-13-15-7-11-30-12-8-15)24-20(26)16-3-5-17(22)6-4-16/h3-6,15H,2,7-14H2,1H3,(H,23,27). The molecule has 0 atom stereocenters. The van der Waals surface area contributed by atoms with Gasteiger partial charge in [0.15, 0.2) is 5.69 Å². The molecule has 0 bridgehead atoms. The second-order valence-electron chi connectivity index (χ2n) is 7.89. The highest BCUT2D eigenvalue weighted by Crippen LogP contribution is 2.28. The zero-order chi connectivity index (χ0) is 22.0. The summed E-state index contributed by atoms with van der Waals surface area (Å²) in [7, 11) is -3.37. The highest BCUT2D eigenvalue weighted by atomic mass is 35.5. The zero-order valence-electron chi connectivity index (χ0n) is 17.5. The van der Waals surface area contributed by atoms with Crippen LogP contribution in [0.1, 0.15) is 35.9 Å². The third-order valence-electron chi connectivity index (χ3n) is 5.94. The number of hydrogen-bond acceptors (Lipinski definition) is 5. The van der Waals surface area contributed by atoms with E-state index in [0.29, 0.717) is 55.3 Å². The van der Waals surface area contributed by atoms with Crippen LogP contribution in [0.25, 0.3) is 11.4 Å². The number of imidazole rings is 1. The number of nitrogens with one attached hydrogen (secondary N) is 1. The fourth-order valence-corrected chi connectivity index (χ4v) is 5.21. The summed E-state index contributed by atoms with van der Waals surface area (Å²) in [5.41, 5.74) is 1.74. The van der Waals surface area contributed by atoms with Crippen molar-refractivity contribution in [3.8, 4) is 11.4 Å². The van der Waals surface area contributed by atoms with Crippen molar-refractivity contribution < 1.29 is 17.9 Å². The van der Waals surface area contributed by atoms with Crippen molar-refractivity contribution in [2.45, 2.75) is 32.9 Å². The Kier molecular flexibility index (Phi) is 6.66. The van der Waals surface area contributed by atoms with Crippen LogP contribution in [0, 0.1) is 5.92 Å². The molecular formula is C21H27ClN4O4S. The lowest BCUT2D eigenvalue weighted by Crippen LogP contribution is -2.40. The topological polar surface area (TPSA) is 93.5 Å². The molecule has 2 aliphatic rings. The largest absolute Gasteiger partial charge is 0.381 e. The Labute approximate surface area is 187 Å². The first kappa shape index (κ1) is 22.3. The molecule has 3 heterocycles. The lowest BCUT2D eigenvalue weighted by atomic mass is 10.0. The lowest BCUT2D eigenvalue weighted by molar-refractivity contribution is 0.0642. The molecule has 0 unspecified atom stereocenters. The first-order valence-electron chi connectivity index (χ1n) is 10.6. The second-order valence-corrected chi connectivity index (χ2v) is 10.6.